The lowest BCUT2D eigenvalue weighted by Crippen LogP contribution is -2.62. The van der Waals surface area contributed by atoms with E-state index in [0.717, 1.165) is 0 Å². The Morgan fingerprint density at radius 2 is 2.40 bits per heavy atom. The molecule has 0 saturated carbocycles. The van der Waals surface area contributed by atoms with Crippen molar-refractivity contribution < 1.29 is 19.3 Å². The third-order valence-electron chi connectivity index (χ3n) is 2.90. The summed E-state index contributed by atoms with van der Waals surface area (Å²) in [4.78, 5) is 0. The number of hydrogen-bond acceptors (Lipinski definition) is 6. The maximum absolute atomic E-state index is 9.93. The predicted molar refractivity (Wildman–Crippen MR) is 52.3 cm³/mol. The summed E-state index contributed by atoms with van der Waals surface area (Å²) in [5.74, 6) is 0. The molecular weight excluding hydrogens is 200 g/mol. The van der Waals surface area contributed by atoms with Crippen LogP contribution in [0.25, 0.3) is 0 Å². The van der Waals surface area contributed by atoms with E-state index in [2.05, 4.69) is 5.32 Å². The van der Waals surface area contributed by atoms with Gasteiger partial charge in [0.1, 0.15) is 6.10 Å². The molecule has 2 bridgehead atoms. The maximum atomic E-state index is 9.93. The Bertz CT molecular complexity index is 216. The standard InChI is InChI=1S/C9H18N2O4/c1-13-3-2-11-7-8(12)6(10)5-4-14-9(7)15-5/h5-9,11-12H,2-4,10H2,1H3/t5-,6-,7-,8+,9-/m1/s1. The van der Waals surface area contributed by atoms with Crippen LogP contribution in [-0.2, 0) is 14.2 Å². The van der Waals surface area contributed by atoms with Gasteiger partial charge in [-0.1, -0.05) is 0 Å². The number of aliphatic hydroxyl groups is 1. The second kappa shape index (κ2) is 4.73. The zero-order chi connectivity index (χ0) is 10.8. The molecule has 15 heavy (non-hydrogen) atoms. The van der Waals surface area contributed by atoms with Crippen molar-refractivity contribution in [2.75, 3.05) is 26.9 Å². The Kier molecular flexibility index (Phi) is 3.55. The average Bonchev–Trinajstić information content (AvgIpc) is 2.67. The van der Waals surface area contributed by atoms with E-state index in [1.807, 2.05) is 0 Å². The molecule has 0 spiro atoms. The van der Waals surface area contributed by atoms with Crippen LogP contribution in [0.15, 0.2) is 0 Å². The van der Waals surface area contributed by atoms with Crippen LogP contribution in [0.1, 0.15) is 0 Å². The molecule has 0 aromatic heterocycles. The van der Waals surface area contributed by atoms with Crippen LogP contribution in [0.5, 0.6) is 0 Å². The second-order valence-corrected chi connectivity index (χ2v) is 3.92. The Morgan fingerprint density at radius 3 is 3.13 bits per heavy atom. The van der Waals surface area contributed by atoms with Crippen molar-refractivity contribution in [3.63, 3.8) is 0 Å². The summed E-state index contributed by atoms with van der Waals surface area (Å²) in [5.41, 5.74) is 5.83. The number of methoxy groups -OCH3 is 1. The van der Waals surface area contributed by atoms with Crippen LogP contribution in [0.2, 0.25) is 0 Å². The molecule has 2 fully saturated rings. The summed E-state index contributed by atoms with van der Waals surface area (Å²) in [6.07, 6.45) is -1.19. The minimum Gasteiger partial charge on any atom is -0.390 e. The SMILES string of the molecule is COCCN[C@H]1[C@@H]2OC[C@@H](O2)[C@@H](N)[C@@H]1O. The summed E-state index contributed by atoms with van der Waals surface area (Å²) >= 11 is 0. The van der Waals surface area contributed by atoms with E-state index in [9.17, 15) is 5.11 Å². The third kappa shape index (κ3) is 2.15. The van der Waals surface area contributed by atoms with Crippen molar-refractivity contribution in [2.45, 2.75) is 30.6 Å². The Labute approximate surface area is 88.7 Å². The molecule has 6 heteroatoms. The van der Waals surface area contributed by atoms with E-state index in [1.54, 1.807) is 7.11 Å². The molecule has 0 radical (unpaired) electrons. The van der Waals surface area contributed by atoms with E-state index < -0.39 is 6.10 Å². The molecule has 5 atom stereocenters. The highest BCUT2D eigenvalue weighted by Gasteiger charge is 2.48. The van der Waals surface area contributed by atoms with Crippen molar-refractivity contribution in [2.24, 2.45) is 5.73 Å². The maximum Gasteiger partial charge on any atom is 0.176 e. The van der Waals surface area contributed by atoms with Crippen LogP contribution < -0.4 is 11.1 Å². The van der Waals surface area contributed by atoms with Gasteiger partial charge in [0, 0.05) is 13.7 Å². The first-order valence-corrected chi connectivity index (χ1v) is 5.17. The van der Waals surface area contributed by atoms with E-state index in [0.29, 0.717) is 19.8 Å². The van der Waals surface area contributed by atoms with Gasteiger partial charge in [-0.05, 0) is 0 Å². The molecular formula is C9H18N2O4. The number of ether oxygens (including phenoxy) is 3. The number of fused-ring (bicyclic) bond motifs is 2. The van der Waals surface area contributed by atoms with E-state index in [-0.39, 0.29) is 24.5 Å². The summed E-state index contributed by atoms with van der Waals surface area (Å²) in [5, 5.41) is 13.1. The van der Waals surface area contributed by atoms with Gasteiger partial charge < -0.3 is 30.4 Å². The van der Waals surface area contributed by atoms with E-state index in [1.165, 1.54) is 0 Å². The molecule has 0 amide bonds. The quantitative estimate of drug-likeness (QED) is 0.475. The van der Waals surface area contributed by atoms with Gasteiger partial charge in [0.25, 0.3) is 0 Å². The van der Waals surface area contributed by atoms with Gasteiger partial charge in [0.15, 0.2) is 6.29 Å². The van der Waals surface area contributed by atoms with Crippen LogP contribution in [-0.4, -0.2) is 62.6 Å². The Balaban J connectivity index is 1.91. The Hall–Kier alpha value is -0.240. The van der Waals surface area contributed by atoms with Gasteiger partial charge in [0.05, 0.1) is 31.4 Å². The average molecular weight is 218 g/mol. The molecule has 0 aliphatic carbocycles. The minimum atomic E-state index is -0.631. The largest absolute Gasteiger partial charge is 0.390 e. The number of hydrogen-bond donors (Lipinski definition) is 3. The fourth-order valence-corrected chi connectivity index (χ4v) is 2.00. The van der Waals surface area contributed by atoms with Crippen LogP contribution in [0, 0.1) is 0 Å². The van der Waals surface area contributed by atoms with Crippen molar-refractivity contribution in [1.29, 1.82) is 0 Å². The summed E-state index contributed by atoms with van der Waals surface area (Å²) < 4.78 is 15.8. The zero-order valence-corrected chi connectivity index (χ0v) is 8.76. The normalized spacial score (nSPS) is 44.6. The zero-order valence-electron chi connectivity index (χ0n) is 8.76. The topological polar surface area (TPSA) is 86.0 Å². The lowest BCUT2D eigenvalue weighted by atomic mass is 9.97. The molecule has 6 nitrogen and oxygen atoms in total. The summed E-state index contributed by atoms with van der Waals surface area (Å²) in [6, 6.07) is -0.655. The first-order valence-electron chi connectivity index (χ1n) is 5.17. The molecule has 0 aromatic carbocycles. The second-order valence-electron chi connectivity index (χ2n) is 3.92. The fourth-order valence-electron chi connectivity index (χ4n) is 2.00. The highest BCUT2D eigenvalue weighted by atomic mass is 16.7. The molecule has 2 heterocycles. The first kappa shape index (κ1) is 11.3. The number of rotatable bonds is 4. The fraction of sp³-hybridized carbons (Fsp3) is 1.00. The molecule has 4 N–H and O–H groups in total. The third-order valence-corrected chi connectivity index (χ3v) is 2.90. The molecule has 2 rings (SSSR count). The summed E-state index contributed by atoms with van der Waals surface area (Å²) in [6.45, 7) is 1.68. The number of aliphatic hydroxyl groups excluding tert-OH is 1. The van der Waals surface area contributed by atoms with Gasteiger partial charge in [-0.15, -0.1) is 0 Å². The smallest absolute Gasteiger partial charge is 0.176 e. The predicted octanol–water partition coefficient (Wildman–Crippen LogP) is -1.97. The van der Waals surface area contributed by atoms with Crippen molar-refractivity contribution in [3.8, 4) is 0 Å². The van der Waals surface area contributed by atoms with Crippen LogP contribution in [0.3, 0.4) is 0 Å². The molecule has 2 aliphatic heterocycles. The molecule has 0 unspecified atom stereocenters. The Morgan fingerprint density at radius 1 is 1.60 bits per heavy atom. The van der Waals surface area contributed by atoms with Crippen LogP contribution >= 0.6 is 0 Å². The van der Waals surface area contributed by atoms with Crippen molar-refractivity contribution >= 4 is 0 Å². The van der Waals surface area contributed by atoms with Gasteiger partial charge in [-0.25, -0.2) is 0 Å². The lowest BCUT2D eigenvalue weighted by molar-refractivity contribution is -0.147. The van der Waals surface area contributed by atoms with Crippen molar-refractivity contribution in [3.05, 3.63) is 0 Å². The van der Waals surface area contributed by atoms with Crippen LogP contribution in [0.4, 0.5) is 0 Å². The van der Waals surface area contributed by atoms with E-state index in [4.69, 9.17) is 19.9 Å². The minimum absolute atomic E-state index is 0.175. The molecule has 2 saturated heterocycles. The molecule has 88 valence electrons. The summed E-state index contributed by atoms with van der Waals surface area (Å²) in [7, 11) is 1.63. The van der Waals surface area contributed by atoms with Gasteiger partial charge in [0.2, 0.25) is 0 Å². The monoisotopic (exact) mass is 218 g/mol. The van der Waals surface area contributed by atoms with Gasteiger partial charge >= 0.3 is 0 Å². The van der Waals surface area contributed by atoms with Crippen molar-refractivity contribution in [1.82, 2.24) is 5.32 Å². The van der Waals surface area contributed by atoms with Gasteiger partial charge in [-0.2, -0.15) is 0 Å². The highest BCUT2D eigenvalue weighted by Crippen LogP contribution is 2.26. The lowest BCUT2D eigenvalue weighted by Gasteiger charge is -2.36. The highest BCUT2D eigenvalue weighted by molar-refractivity contribution is 4.98. The number of nitrogens with one attached hydrogen (secondary N) is 1. The molecule has 0 aromatic rings. The molecule has 2 aliphatic rings. The van der Waals surface area contributed by atoms with E-state index >= 15 is 0 Å². The number of nitrogens with two attached hydrogens (primary N) is 1. The first-order chi connectivity index (χ1) is 7.24. The van der Waals surface area contributed by atoms with Gasteiger partial charge in [-0.3, -0.25) is 0 Å².